The van der Waals surface area contributed by atoms with E-state index in [0.29, 0.717) is 0 Å². The van der Waals surface area contributed by atoms with Crippen molar-refractivity contribution in [1.29, 1.82) is 0 Å². The van der Waals surface area contributed by atoms with Crippen molar-refractivity contribution in [3.63, 3.8) is 0 Å². The van der Waals surface area contributed by atoms with Gasteiger partial charge in [0, 0.05) is 11.3 Å². The van der Waals surface area contributed by atoms with Gasteiger partial charge in [-0.1, -0.05) is 0 Å². The summed E-state index contributed by atoms with van der Waals surface area (Å²) in [5.74, 6) is -0.518. The SMILES string of the molecule is Cc1cc(-c2ncn(/C=C(\Br)C(=O)OC(C)C)n2)cc(C(F)(F)F)n1. The molecule has 6 nitrogen and oxygen atoms in total. The van der Waals surface area contributed by atoms with Crippen molar-refractivity contribution in [2.75, 3.05) is 0 Å². The van der Waals surface area contributed by atoms with E-state index in [1.807, 2.05) is 0 Å². The molecule has 0 spiro atoms. The van der Waals surface area contributed by atoms with Crippen LogP contribution in [0.1, 0.15) is 25.2 Å². The largest absolute Gasteiger partial charge is 0.459 e. The average molecular weight is 419 g/mol. The molecule has 0 fully saturated rings. The summed E-state index contributed by atoms with van der Waals surface area (Å²) in [6.45, 7) is 4.86. The highest BCUT2D eigenvalue weighted by atomic mass is 79.9. The zero-order valence-corrected chi connectivity index (χ0v) is 15.1. The molecule has 2 rings (SSSR count). The Morgan fingerprint density at radius 3 is 2.64 bits per heavy atom. The number of esters is 1. The molecule has 0 bridgehead atoms. The Hall–Kier alpha value is -2.23. The molecule has 0 aromatic carbocycles. The van der Waals surface area contributed by atoms with Crippen LogP contribution in [-0.4, -0.2) is 31.8 Å². The molecule has 134 valence electrons. The number of ether oxygens (including phenoxy) is 1. The molecule has 2 heterocycles. The van der Waals surface area contributed by atoms with Crippen LogP contribution in [-0.2, 0) is 15.7 Å². The lowest BCUT2D eigenvalue weighted by Crippen LogP contribution is -2.11. The topological polar surface area (TPSA) is 69.9 Å². The Labute approximate surface area is 149 Å². The molecule has 0 saturated carbocycles. The van der Waals surface area contributed by atoms with E-state index in [4.69, 9.17) is 4.74 Å². The minimum Gasteiger partial charge on any atom is -0.459 e. The van der Waals surface area contributed by atoms with Crippen LogP contribution in [0.5, 0.6) is 0 Å². The third kappa shape index (κ3) is 5.12. The van der Waals surface area contributed by atoms with E-state index in [-0.39, 0.29) is 27.7 Å². The molecule has 0 N–H and O–H groups in total. The molecule has 0 radical (unpaired) electrons. The Bertz CT molecular complexity index is 815. The number of hydrogen-bond donors (Lipinski definition) is 0. The van der Waals surface area contributed by atoms with Crippen molar-refractivity contribution >= 4 is 28.1 Å². The zero-order chi connectivity index (χ0) is 18.8. The molecule has 2 aromatic rings. The molecular weight excluding hydrogens is 405 g/mol. The Morgan fingerprint density at radius 1 is 1.36 bits per heavy atom. The minimum absolute atomic E-state index is 0.0739. The molecule has 25 heavy (non-hydrogen) atoms. The highest BCUT2D eigenvalue weighted by Gasteiger charge is 2.33. The molecule has 10 heteroatoms. The van der Waals surface area contributed by atoms with E-state index < -0.39 is 17.8 Å². The molecule has 0 saturated heterocycles. The number of rotatable bonds is 4. The number of aryl methyl sites for hydroxylation is 1. The fourth-order valence-electron chi connectivity index (χ4n) is 1.85. The van der Waals surface area contributed by atoms with E-state index in [2.05, 4.69) is 31.0 Å². The fourth-order valence-corrected chi connectivity index (χ4v) is 2.15. The van der Waals surface area contributed by atoms with Gasteiger partial charge in [-0.05, 0) is 48.8 Å². The van der Waals surface area contributed by atoms with Gasteiger partial charge in [-0.25, -0.2) is 19.4 Å². The Kier molecular flexibility index (Phi) is 5.61. The number of carbonyl (C=O) groups excluding carboxylic acids is 1. The van der Waals surface area contributed by atoms with Gasteiger partial charge in [-0.2, -0.15) is 13.2 Å². The van der Waals surface area contributed by atoms with Crippen molar-refractivity contribution in [3.8, 4) is 11.4 Å². The lowest BCUT2D eigenvalue weighted by atomic mass is 10.2. The van der Waals surface area contributed by atoms with Gasteiger partial charge in [0.15, 0.2) is 5.82 Å². The van der Waals surface area contributed by atoms with Crippen LogP contribution in [0, 0.1) is 6.92 Å². The second kappa shape index (κ2) is 7.34. The van der Waals surface area contributed by atoms with E-state index in [0.717, 1.165) is 6.07 Å². The summed E-state index contributed by atoms with van der Waals surface area (Å²) in [5, 5.41) is 4.04. The van der Waals surface area contributed by atoms with E-state index in [9.17, 15) is 18.0 Å². The Morgan fingerprint density at radius 2 is 2.04 bits per heavy atom. The molecule has 0 unspecified atom stereocenters. The molecular formula is C15H14BrF3N4O2. The monoisotopic (exact) mass is 418 g/mol. The van der Waals surface area contributed by atoms with Gasteiger partial charge in [0.2, 0.25) is 0 Å². The van der Waals surface area contributed by atoms with Crippen molar-refractivity contribution in [1.82, 2.24) is 19.7 Å². The predicted molar refractivity (Wildman–Crippen MR) is 87.4 cm³/mol. The van der Waals surface area contributed by atoms with Gasteiger partial charge in [0.25, 0.3) is 0 Å². The average Bonchev–Trinajstić information content (AvgIpc) is 2.93. The number of alkyl halides is 3. The van der Waals surface area contributed by atoms with Crippen molar-refractivity contribution in [2.24, 2.45) is 0 Å². The zero-order valence-electron chi connectivity index (χ0n) is 13.5. The summed E-state index contributed by atoms with van der Waals surface area (Å²) in [7, 11) is 0. The van der Waals surface area contributed by atoms with Crippen LogP contribution in [0.15, 0.2) is 22.9 Å². The number of nitrogens with zero attached hydrogens (tertiary/aromatic N) is 4. The van der Waals surface area contributed by atoms with Gasteiger partial charge in [0.05, 0.1) is 12.3 Å². The van der Waals surface area contributed by atoms with Gasteiger partial charge in [-0.3, -0.25) is 0 Å². The highest BCUT2D eigenvalue weighted by Crippen LogP contribution is 2.30. The van der Waals surface area contributed by atoms with E-state index >= 15 is 0 Å². The standard InChI is InChI=1S/C15H14BrF3N4O2/c1-8(2)25-14(24)11(16)6-23-7-20-13(22-23)10-4-9(3)21-12(5-10)15(17,18)19/h4-8H,1-3H3/b11-6-. The quantitative estimate of drug-likeness (QED) is 0.557. The third-order valence-corrected chi connectivity index (χ3v) is 3.32. The predicted octanol–water partition coefficient (Wildman–Crippen LogP) is 3.81. The fraction of sp³-hybridized carbons (Fsp3) is 0.333. The lowest BCUT2D eigenvalue weighted by Gasteiger charge is -2.08. The third-order valence-electron chi connectivity index (χ3n) is 2.79. The minimum atomic E-state index is -4.56. The summed E-state index contributed by atoms with van der Waals surface area (Å²) in [5.41, 5.74) is -0.651. The van der Waals surface area contributed by atoms with Crippen molar-refractivity contribution < 1.29 is 22.7 Å². The first kappa shape index (κ1) is 19.1. The number of halogens is 4. The Balaban J connectivity index is 2.30. The normalized spacial score (nSPS) is 12.6. The summed E-state index contributed by atoms with van der Waals surface area (Å²) < 4.78 is 44.9. The molecule has 2 aromatic heterocycles. The summed E-state index contributed by atoms with van der Waals surface area (Å²) in [4.78, 5) is 19.1. The first-order chi connectivity index (χ1) is 11.6. The van der Waals surface area contributed by atoms with Gasteiger partial charge in [-0.15, -0.1) is 5.10 Å². The second-order valence-electron chi connectivity index (χ2n) is 5.36. The van der Waals surface area contributed by atoms with Gasteiger partial charge < -0.3 is 4.74 Å². The molecule has 0 aliphatic heterocycles. The molecule has 0 aliphatic carbocycles. The number of carbonyl (C=O) groups is 1. The van der Waals surface area contributed by atoms with Crippen molar-refractivity contribution in [2.45, 2.75) is 33.1 Å². The van der Waals surface area contributed by atoms with E-state index in [1.54, 1.807) is 13.8 Å². The molecule has 0 amide bonds. The first-order valence-electron chi connectivity index (χ1n) is 7.12. The summed E-state index contributed by atoms with van der Waals surface area (Å²) >= 11 is 3.06. The first-order valence-corrected chi connectivity index (χ1v) is 7.91. The molecule has 0 aliphatic rings. The number of hydrogen-bond acceptors (Lipinski definition) is 5. The number of aromatic nitrogens is 4. The smallest absolute Gasteiger partial charge is 0.433 e. The number of pyridine rings is 1. The van der Waals surface area contributed by atoms with Crippen LogP contribution in [0.2, 0.25) is 0 Å². The lowest BCUT2D eigenvalue weighted by molar-refractivity contribution is -0.142. The summed E-state index contributed by atoms with van der Waals surface area (Å²) in [6.07, 6.45) is -2.28. The van der Waals surface area contributed by atoms with Crippen molar-refractivity contribution in [3.05, 3.63) is 34.3 Å². The van der Waals surface area contributed by atoms with Gasteiger partial charge >= 0.3 is 12.1 Å². The highest BCUT2D eigenvalue weighted by molar-refractivity contribution is 9.12. The van der Waals surface area contributed by atoms with Crippen LogP contribution >= 0.6 is 15.9 Å². The van der Waals surface area contributed by atoms with Crippen LogP contribution < -0.4 is 0 Å². The van der Waals surface area contributed by atoms with Gasteiger partial charge in [0.1, 0.15) is 16.5 Å². The second-order valence-corrected chi connectivity index (χ2v) is 6.21. The van der Waals surface area contributed by atoms with Crippen LogP contribution in [0.4, 0.5) is 13.2 Å². The van der Waals surface area contributed by atoms with Crippen LogP contribution in [0.3, 0.4) is 0 Å². The molecule has 0 atom stereocenters. The van der Waals surface area contributed by atoms with Crippen LogP contribution in [0.25, 0.3) is 17.6 Å². The maximum atomic E-state index is 12.9. The maximum Gasteiger partial charge on any atom is 0.433 e. The van der Waals surface area contributed by atoms with E-state index in [1.165, 1.54) is 30.2 Å². The summed E-state index contributed by atoms with van der Waals surface area (Å²) in [6, 6.07) is 2.32. The maximum absolute atomic E-state index is 12.9.